The first-order valence-electron chi connectivity index (χ1n) is 8.81. The molecule has 6 heteroatoms. The van der Waals surface area contributed by atoms with Gasteiger partial charge >= 0.3 is 6.01 Å². The summed E-state index contributed by atoms with van der Waals surface area (Å²) < 4.78 is 6.66. The summed E-state index contributed by atoms with van der Waals surface area (Å²) in [6, 6.07) is 15.0. The van der Waals surface area contributed by atoms with E-state index in [9.17, 15) is 4.79 Å². The van der Waals surface area contributed by atoms with Gasteiger partial charge in [-0.1, -0.05) is 68.8 Å². The molecule has 0 radical (unpaired) electrons. The van der Waals surface area contributed by atoms with Crippen LogP contribution in [-0.2, 0) is 5.41 Å². The van der Waals surface area contributed by atoms with Crippen LogP contribution >= 0.6 is 11.6 Å². The summed E-state index contributed by atoms with van der Waals surface area (Å²) in [5.74, 6) is 0.0674. The van der Waals surface area contributed by atoms with Crippen LogP contribution in [0.1, 0.15) is 43.6 Å². The molecule has 0 saturated carbocycles. The van der Waals surface area contributed by atoms with E-state index in [1.807, 2.05) is 31.2 Å². The van der Waals surface area contributed by atoms with Crippen molar-refractivity contribution in [1.29, 1.82) is 0 Å². The largest absolute Gasteiger partial charge is 0.463 e. The van der Waals surface area contributed by atoms with Crippen LogP contribution in [0.25, 0.3) is 11.4 Å². The minimum Gasteiger partial charge on any atom is -0.463 e. The fourth-order valence-electron chi connectivity index (χ4n) is 2.68. The van der Waals surface area contributed by atoms with Gasteiger partial charge in [0.05, 0.1) is 17.2 Å². The first-order chi connectivity index (χ1) is 12.8. The van der Waals surface area contributed by atoms with Gasteiger partial charge in [0.1, 0.15) is 0 Å². The number of halogens is 1. The number of hydrogen-bond donors (Lipinski definition) is 0. The van der Waals surface area contributed by atoms with Crippen molar-refractivity contribution in [3.05, 3.63) is 64.7 Å². The zero-order chi connectivity index (χ0) is 19.6. The Morgan fingerprint density at radius 1 is 1.11 bits per heavy atom. The first kappa shape index (κ1) is 19.1. The van der Waals surface area contributed by atoms with Crippen molar-refractivity contribution in [2.75, 3.05) is 6.61 Å². The minimum absolute atomic E-state index is 0.0378. The minimum atomic E-state index is -0.353. The van der Waals surface area contributed by atoms with Crippen molar-refractivity contribution in [2.24, 2.45) is 0 Å². The highest BCUT2D eigenvalue weighted by atomic mass is 35.5. The number of rotatable bonds is 4. The molecule has 3 aromatic rings. The predicted molar refractivity (Wildman–Crippen MR) is 107 cm³/mol. The summed E-state index contributed by atoms with van der Waals surface area (Å²) in [4.78, 5) is 17.4. The quantitative estimate of drug-likeness (QED) is 0.637. The van der Waals surface area contributed by atoms with E-state index < -0.39 is 0 Å². The fourth-order valence-corrected chi connectivity index (χ4v) is 2.90. The molecule has 1 aromatic heterocycles. The van der Waals surface area contributed by atoms with Crippen molar-refractivity contribution in [3.8, 4) is 17.4 Å². The van der Waals surface area contributed by atoms with Crippen molar-refractivity contribution < 1.29 is 9.53 Å². The van der Waals surface area contributed by atoms with Crippen molar-refractivity contribution in [1.82, 2.24) is 14.8 Å². The lowest BCUT2D eigenvalue weighted by Gasteiger charge is -2.19. The molecule has 0 aliphatic rings. The highest BCUT2D eigenvalue weighted by Crippen LogP contribution is 2.27. The maximum absolute atomic E-state index is 13.0. The van der Waals surface area contributed by atoms with Gasteiger partial charge in [-0.2, -0.15) is 9.67 Å². The molecule has 0 unspecified atom stereocenters. The van der Waals surface area contributed by atoms with Crippen molar-refractivity contribution >= 4 is 17.5 Å². The van der Waals surface area contributed by atoms with Crippen LogP contribution in [-0.4, -0.2) is 27.3 Å². The maximum atomic E-state index is 13.0. The summed E-state index contributed by atoms with van der Waals surface area (Å²) >= 11 is 6.19. The third-order valence-corrected chi connectivity index (χ3v) is 4.50. The van der Waals surface area contributed by atoms with Gasteiger partial charge in [0, 0.05) is 5.56 Å². The van der Waals surface area contributed by atoms with E-state index in [2.05, 4.69) is 30.9 Å². The van der Waals surface area contributed by atoms with Gasteiger partial charge in [0.2, 0.25) is 0 Å². The molecule has 0 bridgehead atoms. The molecule has 1 heterocycles. The Hall–Kier alpha value is -2.66. The Morgan fingerprint density at radius 2 is 1.78 bits per heavy atom. The second kappa shape index (κ2) is 7.53. The molecule has 0 spiro atoms. The van der Waals surface area contributed by atoms with Gasteiger partial charge in [0.15, 0.2) is 5.82 Å². The zero-order valence-electron chi connectivity index (χ0n) is 15.9. The van der Waals surface area contributed by atoms with Crippen LogP contribution in [0.15, 0.2) is 48.5 Å². The van der Waals surface area contributed by atoms with E-state index in [4.69, 9.17) is 16.3 Å². The molecule has 0 N–H and O–H groups in total. The molecule has 0 saturated heterocycles. The number of aromatic nitrogens is 3. The molecule has 0 amide bonds. The van der Waals surface area contributed by atoms with E-state index in [1.54, 1.807) is 24.3 Å². The maximum Gasteiger partial charge on any atom is 0.336 e. The number of carbonyl (C=O) groups is 1. The summed E-state index contributed by atoms with van der Waals surface area (Å²) in [5.41, 5.74) is 2.37. The van der Waals surface area contributed by atoms with Gasteiger partial charge in [-0.05, 0) is 30.0 Å². The summed E-state index contributed by atoms with van der Waals surface area (Å²) in [6.07, 6.45) is 0. The molecule has 5 nitrogen and oxygen atoms in total. The molecular formula is C21H22ClN3O2. The molecule has 0 aliphatic heterocycles. The first-order valence-corrected chi connectivity index (χ1v) is 9.19. The number of hydrogen-bond acceptors (Lipinski definition) is 4. The highest BCUT2D eigenvalue weighted by Gasteiger charge is 2.22. The number of nitrogens with zero attached hydrogens (tertiary/aromatic N) is 3. The Bertz CT molecular complexity index is 956. The summed E-state index contributed by atoms with van der Waals surface area (Å²) in [5, 5.41) is 4.61. The van der Waals surface area contributed by atoms with Crippen LogP contribution in [0, 0.1) is 0 Å². The fraction of sp³-hybridized carbons (Fsp3) is 0.286. The SMILES string of the molecule is CCOc1nc(-c2ccc(C(C)(C)C)cc2)n(C(=O)c2ccccc2Cl)n1. The average molecular weight is 384 g/mol. The Kier molecular flexibility index (Phi) is 5.33. The van der Waals surface area contributed by atoms with E-state index in [1.165, 1.54) is 10.2 Å². The molecular weight excluding hydrogens is 362 g/mol. The second-order valence-corrected chi connectivity index (χ2v) is 7.58. The van der Waals surface area contributed by atoms with E-state index in [0.29, 0.717) is 23.0 Å². The Labute approximate surface area is 164 Å². The van der Waals surface area contributed by atoms with Gasteiger partial charge < -0.3 is 4.74 Å². The lowest BCUT2D eigenvalue weighted by Crippen LogP contribution is -2.16. The highest BCUT2D eigenvalue weighted by molar-refractivity contribution is 6.33. The summed E-state index contributed by atoms with van der Waals surface area (Å²) in [7, 11) is 0. The van der Waals surface area contributed by atoms with Crippen molar-refractivity contribution in [3.63, 3.8) is 0 Å². The van der Waals surface area contributed by atoms with E-state index >= 15 is 0 Å². The van der Waals surface area contributed by atoms with Gasteiger partial charge in [-0.3, -0.25) is 4.79 Å². The number of carbonyl (C=O) groups excluding carboxylic acids is 1. The zero-order valence-corrected chi connectivity index (χ0v) is 16.6. The van der Waals surface area contributed by atoms with Crippen LogP contribution in [0.2, 0.25) is 5.02 Å². The molecule has 27 heavy (non-hydrogen) atoms. The lowest BCUT2D eigenvalue weighted by molar-refractivity contribution is 0.0945. The van der Waals surface area contributed by atoms with E-state index in [-0.39, 0.29) is 17.3 Å². The molecule has 3 rings (SSSR count). The van der Waals surface area contributed by atoms with E-state index in [0.717, 1.165) is 5.56 Å². The topological polar surface area (TPSA) is 57.0 Å². The number of ether oxygens (including phenoxy) is 1. The number of benzene rings is 2. The van der Waals surface area contributed by atoms with Gasteiger partial charge in [-0.15, -0.1) is 5.10 Å². The smallest absolute Gasteiger partial charge is 0.336 e. The molecule has 2 aromatic carbocycles. The summed E-state index contributed by atoms with van der Waals surface area (Å²) in [6.45, 7) is 8.71. The van der Waals surface area contributed by atoms with Crippen molar-refractivity contribution in [2.45, 2.75) is 33.1 Å². The molecule has 140 valence electrons. The lowest BCUT2D eigenvalue weighted by atomic mass is 9.87. The third kappa shape index (κ3) is 4.03. The predicted octanol–water partition coefficient (Wildman–Crippen LogP) is 4.98. The monoisotopic (exact) mass is 383 g/mol. The van der Waals surface area contributed by atoms with Crippen LogP contribution in [0.3, 0.4) is 0 Å². The van der Waals surface area contributed by atoms with Crippen LogP contribution in [0.5, 0.6) is 6.01 Å². The molecule has 0 fully saturated rings. The van der Waals surface area contributed by atoms with Gasteiger partial charge in [-0.25, -0.2) is 0 Å². The van der Waals surface area contributed by atoms with Crippen LogP contribution < -0.4 is 4.74 Å². The normalized spacial score (nSPS) is 11.4. The van der Waals surface area contributed by atoms with Crippen LogP contribution in [0.4, 0.5) is 0 Å². The molecule has 0 atom stereocenters. The standard InChI is InChI=1S/C21H22ClN3O2/c1-5-27-20-23-18(14-10-12-15(13-11-14)21(2,3)4)25(24-20)19(26)16-8-6-7-9-17(16)22/h6-13H,5H2,1-4H3. The third-order valence-electron chi connectivity index (χ3n) is 4.17. The average Bonchev–Trinajstić information content (AvgIpc) is 3.05. The Balaban J connectivity index is 2.07. The van der Waals surface area contributed by atoms with Gasteiger partial charge in [0.25, 0.3) is 5.91 Å². The second-order valence-electron chi connectivity index (χ2n) is 7.18. The molecule has 0 aliphatic carbocycles. The Morgan fingerprint density at radius 3 is 2.37 bits per heavy atom.